The summed E-state index contributed by atoms with van der Waals surface area (Å²) in [5, 5.41) is 29.4. The molecule has 0 saturated carbocycles. The maximum atomic E-state index is 13.5. The first-order valence-electron chi connectivity index (χ1n) is 14.5. The highest BCUT2D eigenvalue weighted by Crippen LogP contribution is 2.50. The van der Waals surface area contributed by atoms with Crippen molar-refractivity contribution in [2.24, 2.45) is 17.8 Å². The molecule has 2 saturated heterocycles. The Morgan fingerprint density at radius 1 is 1.02 bits per heavy atom. The van der Waals surface area contributed by atoms with Crippen molar-refractivity contribution in [3.63, 3.8) is 0 Å². The smallest absolute Gasteiger partial charge is 0.303 e. The molecule has 0 unspecified atom stereocenters. The zero-order valence-electron chi connectivity index (χ0n) is 23.4. The molecule has 5 rings (SSSR count). The monoisotopic (exact) mass is 593 g/mol. The molecule has 3 N–H and O–H groups in total. The van der Waals surface area contributed by atoms with Gasteiger partial charge >= 0.3 is 5.97 Å². The van der Waals surface area contributed by atoms with Gasteiger partial charge in [-0.3, -0.25) is 19.3 Å². The summed E-state index contributed by atoms with van der Waals surface area (Å²) < 4.78 is 6.28. The lowest BCUT2D eigenvalue weighted by Crippen LogP contribution is -2.35. The lowest BCUT2D eigenvalue weighted by molar-refractivity contribution is -0.141. The number of amides is 2. The molecule has 2 amide bonds. The van der Waals surface area contributed by atoms with Gasteiger partial charge in [-0.15, -0.1) is 0 Å². The van der Waals surface area contributed by atoms with Crippen LogP contribution in [-0.2, 0) is 19.1 Å². The summed E-state index contributed by atoms with van der Waals surface area (Å²) in [4.78, 5) is 38.9. The Bertz CT molecular complexity index is 1400. The van der Waals surface area contributed by atoms with Crippen LogP contribution in [0.25, 0.3) is 11.6 Å². The first kappa shape index (κ1) is 30.0. The number of phenols is 1. The number of carbonyl (C=O) groups is 3. The van der Waals surface area contributed by atoms with Crippen LogP contribution in [0.2, 0.25) is 5.02 Å². The Morgan fingerprint density at radius 2 is 1.81 bits per heavy atom. The van der Waals surface area contributed by atoms with Crippen molar-refractivity contribution in [2.45, 2.75) is 51.0 Å². The molecule has 9 heteroatoms. The minimum Gasteiger partial charge on any atom is -0.508 e. The van der Waals surface area contributed by atoms with Crippen LogP contribution in [0, 0.1) is 17.8 Å². The number of ether oxygens (including phenoxy) is 1. The molecule has 0 bridgehead atoms. The third kappa shape index (κ3) is 6.31. The number of aliphatic hydroxyl groups excluding tert-OH is 1. The van der Waals surface area contributed by atoms with Crippen molar-refractivity contribution >= 4 is 41.0 Å². The Balaban J connectivity index is 1.32. The second-order valence-corrected chi connectivity index (χ2v) is 11.7. The average molecular weight is 594 g/mol. The Hall–Kier alpha value is -3.46. The normalized spacial score (nSPS) is 23.9. The lowest BCUT2D eigenvalue weighted by atomic mass is 9.69. The summed E-state index contributed by atoms with van der Waals surface area (Å²) >= 11 is 6.41. The van der Waals surface area contributed by atoms with Gasteiger partial charge in [-0.2, -0.15) is 0 Å². The zero-order chi connectivity index (χ0) is 29.8. The van der Waals surface area contributed by atoms with E-state index in [0.717, 1.165) is 27.8 Å². The summed E-state index contributed by atoms with van der Waals surface area (Å²) in [6, 6.07) is 14.8. The number of rotatable bonds is 12. The molecule has 0 spiro atoms. The van der Waals surface area contributed by atoms with Crippen LogP contribution in [0.1, 0.15) is 56.1 Å². The van der Waals surface area contributed by atoms with E-state index in [-0.39, 0.29) is 49.2 Å². The van der Waals surface area contributed by atoms with E-state index >= 15 is 0 Å². The van der Waals surface area contributed by atoms with E-state index < -0.39 is 17.8 Å². The molecule has 1 aliphatic carbocycles. The van der Waals surface area contributed by atoms with Crippen molar-refractivity contribution in [3.05, 3.63) is 75.8 Å². The number of imide groups is 1. The van der Waals surface area contributed by atoms with Gasteiger partial charge in [0.2, 0.25) is 11.8 Å². The van der Waals surface area contributed by atoms with E-state index in [1.165, 1.54) is 11.0 Å². The van der Waals surface area contributed by atoms with Crippen molar-refractivity contribution < 1.29 is 34.4 Å². The molecule has 2 fully saturated rings. The fourth-order valence-electron chi connectivity index (χ4n) is 6.69. The second kappa shape index (κ2) is 13.2. The number of carbonyl (C=O) groups excluding carboxylic acids is 2. The molecule has 2 heterocycles. The molecule has 4 atom stereocenters. The minimum absolute atomic E-state index is 0.0736. The number of hydrogen-bond donors (Lipinski definition) is 3. The highest BCUT2D eigenvalue weighted by molar-refractivity contribution is 6.32. The van der Waals surface area contributed by atoms with Crippen molar-refractivity contribution in [1.82, 2.24) is 4.90 Å². The van der Waals surface area contributed by atoms with Gasteiger partial charge in [-0.25, -0.2) is 0 Å². The van der Waals surface area contributed by atoms with E-state index in [4.69, 9.17) is 21.4 Å². The molecule has 222 valence electrons. The predicted molar refractivity (Wildman–Crippen MR) is 158 cm³/mol. The highest BCUT2D eigenvalue weighted by Gasteiger charge is 2.56. The number of halogens is 1. The predicted octanol–water partition coefficient (Wildman–Crippen LogP) is 5.32. The van der Waals surface area contributed by atoms with Crippen LogP contribution in [0.4, 0.5) is 0 Å². The van der Waals surface area contributed by atoms with E-state index in [1.807, 2.05) is 36.4 Å². The molecule has 3 aliphatic rings. The molecule has 2 aliphatic heterocycles. The number of phenolic OH excluding ortho intramolecular Hbond substituents is 1. The van der Waals surface area contributed by atoms with Crippen LogP contribution in [0.5, 0.6) is 5.75 Å². The van der Waals surface area contributed by atoms with E-state index in [1.54, 1.807) is 12.1 Å². The minimum atomic E-state index is -0.851. The third-order valence-electron chi connectivity index (χ3n) is 8.70. The molecule has 42 heavy (non-hydrogen) atoms. The number of aliphatic hydroxyl groups is 1. The van der Waals surface area contributed by atoms with Gasteiger partial charge < -0.3 is 20.1 Å². The maximum absolute atomic E-state index is 13.5. The number of aliphatic carboxylic acids is 1. The molecule has 8 nitrogen and oxygen atoms in total. The number of carboxylic acids is 1. The SMILES string of the molecule is O=C(O)CCCCCN1C(=O)[C@@H]2[C@@H](CC(CO)=C3[C@@H](CC/C(=C/c4ccc(O)cc4Cl)c4ccccc4)OC[C@@H]32)C1=O. The first-order chi connectivity index (χ1) is 20.3. The fraction of sp³-hybridized carbons (Fsp3) is 0.424. The van der Waals surface area contributed by atoms with Crippen LogP contribution in [0.3, 0.4) is 0 Å². The maximum Gasteiger partial charge on any atom is 0.303 e. The Morgan fingerprint density at radius 3 is 2.52 bits per heavy atom. The summed E-state index contributed by atoms with van der Waals surface area (Å²) in [6.45, 7) is 0.427. The van der Waals surface area contributed by atoms with Crippen molar-refractivity contribution in [1.29, 1.82) is 0 Å². The fourth-order valence-corrected chi connectivity index (χ4v) is 6.92. The number of nitrogens with zero attached hydrogens (tertiary/aromatic N) is 1. The zero-order valence-corrected chi connectivity index (χ0v) is 24.1. The Labute approximate surface area is 250 Å². The highest BCUT2D eigenvalue weighted by atomic mass is 35.5. The average Bonchev–Trinajstić information content (AvgIpc) is 3.50. The molecular formula is C33H36ClNO7. The number of benzene rings is 2. The summed E-state index contributed by atoms with van der Waals surface area (Å²) in [5.41, 5.74) is 4.61. The van der Waals surface area contributed by atoms with Crippen LogP contribution in [0.15, 0.2) is 59.7 Å². The van der Waals surface area contributed by atoms with Crippen LogP contribution < -0.4 is 0 Å². The summed E-state index contributed by atoms with van der Waals surface area (Å²) in [7, 11) is 0. The summed E-state index contributed by atoms with van der Waals surface area (Å²) in [6.07, 6.45) is 5.12. The van der Waals surface area contributed by atoms with Gasteiger partial charge in [0.25, 0.3) is 0 Å². The summed E-state index contributed by atoms with van der Waals surface area (Å²) in [5.74, 6) is -2.37. The van der Waals surface area contributed by atoms with E-state index in [9.17, 15) is 24.6 Å². The van der Waals surface area contributed by atoms with Crippen molar-refractivity contribution in [3.8, 4) is 5.75 Å². The van der Waals surface area contributed by atoms with E-state index in [2.05, 4.69) is 0 Å². The number of aromatic hydroxyl groups is 1. The molecular weight excluding hydrogens is 558 g/mol. The van der Waals surface area contributed by atoms with Crippen LogP contribution in [-0.4, -0.2) is 63.9 Å². The van der Waals surface area contributed by atoms with Gasteiger partial charge in [-0.05, 0) is 84.2 Å². The van der Waals surface area contributed by atoms with Crippen molar-refractivity contribution in [2.75, 3.05) is 19.8 Å². The van der Waals surface area contributed by atoms with Gasteiger partial charge in [-0.1, -0.05) is 48.4 Å². The Kier molecular flexibility index (Phi) is 9.46. The van der Waals surface area contributed by atoms with Gasteiger partial charge in [0.1, 0.15) is 5.75 Å². The number of carboxylic acid groups (broad SMARTS) is 1. The van der Waals surface area contributed by atoms with Gasteiger partial charge in [0.15, 0.2) is 0 Å². The molecule has 0 aromatic heterocycles. The first-order valence-corrected chi connectivity index (χ1v) is 14.9. The third-order valence-corrected chi connectivity index (χ3v) is 9.02. The number of likely N-dealkylation sites (tertiary alicyclic amines) is 1. The number of allylic oxidation sites excluding steroid dienone is 1. The molecule has 2 aromatic rings. The molecule has 0 radical (unpaired) electrons. The van der Waals surface area contributed by atoms with E-state index in [0.29, 0.717) is 50.2 Å². The quantitative estimate of drug-likeness (QED) is 0.132. The second-order valence-electron chi connectivity index (χ2n) is 11.3. The topological polar surface area (TPSA) is 124 Å². The number of unbranched alkanes of at least 4 members (excludes halogenated alkanes) is 2. The van der Waals surface area contributed by atoms with Gasteiger partial charge in [0, 0.05) is 18.9 Å². The number of hydrogen-bond acceptors (Lipinski definition) is 6. The van der Waals surface area contributed by atoms with Gasteiger partial charge in [0.05, 0.1) is 36.2 Å². The largest absolute Gasteiger partial charge is 0.508 e. The van der Waals surface area contributed by atoms with Crippen LogP contribution >= 0.6 is 11.6 Å². The number of fused-ring (bicyclic) bond motifs is 3. The molecule has 2 aromatic carbocycles. The lowest BCUT2D eigenvalue weighted by Gasteiger charge is -2.31. The standard InChI is InChI=1S/C33H36ClNO7/c34-27-17-24(37)12-10-22(27)15-21(20-7-3-1-4-8-20)11-13-28-30-23(18-36)16-25-31(26(30)19-42-28)33(41)35(32(25)40)14-6-2-5-9-29(38)39/h1,3-4,7-8,10,12,15,17,25-26,28,31,36-37H,2,5-6,9,11,13-14,16,18-19H2,(H,38,39)/b21-15-/t25-,26+,28-,31-/m1/s1.